The Balaban J connectivity index is 1.48. The topological polar surface area (TPSA) is 49.3 Å². The van der Waals surface area contributed by atoms with E-state index in [4.69, 9.17) is 0 Å². The van der Waals surface area contributed by atoms with Crippen LogP contribution in [0.1, 0.15) is 41.4 Å². The zero-order valence-corrected chi connectivity index (χ0v) is 16.7. The highest BCUT2D eigenvalue weighted by atomic mass is 16.2. The Labute approximate surface area is 166 Å². The summed E-state index contributed by atoms with van der Waals surface area (Å²) in [5.41, 5.74) is 2.96. The summed E-state index contributed by atoms with van der Waals surface area (Å²) in [5.74, 6) is 1.49. The number of aryl methyl sites for hydroxylation is 1. The van der Waals surface area contributed by atoms with Gasteiger partial charge in [0.15, 0.2) is 5.82 Å². The van der Waals surface area contributed by atoms with Crippen LogP contribution in [0.15, 0.2) is 48.5 Å². The first kappa shape index (κ1) is 18.4. The predicted molar refractivity (Wildman–Crippen MR) is 113 cm³/mol. The summed E-state index contributed by atoms with van der Waals surface area (Å²) in [5, 5.41) is 11.1. The van der Waals surface area contributed by atoms with E-state index < -0.39 is 0 Å². The molecule has 5 heteroatoms. The summed E-state index contributed by atoms with van der Waals surface area (Å²) in [4.78, 5) is 17.0. The Morgan fingerprint density at radius 2 is 1.54 bits per heavy atom. The molecule has 1 amide bonds. The molecule has 1 fully saturated rings. The van der Waals surface area contributed by atoms with Crippen LogP contribution in [0.4, 0.5) is 5.82 Å². The minimum atomic E-state index is 0.106. The van der Waals surface area contributed by atoms with Crippen LogP contribution in [0, 0.1) is 6.92 Å². The van der Waals surface area contributed by atoms with Gasteiger partial charge in [0.2, 0.25) is 0 Å². The van der Waals surface area contributed by atoms with Gasteiger partial charge in [-0.3, -0.25) is 4.79 Å². The summed E-state index contributed by atoms with van der Waals surface area (Å²) < 4.78 is 0. The largest absolute Gasteiger partial charge is 0.351 e. The number of carbonyl (C=O) groups is 1. The summed E-state index contributed by atoms with van der Waals surface area (Å²) in [6.45, 7) is 9.21. The molecule has 0 N–H and O–H groups in total. The average Bonchev–Trinajstić information content (AvgIpc) is 2.74. The average molecular weight is 374 g/mol. The van der Waals surface area contributed by atoms with Gasteiger partial charge >= 0.3 is 0 Å². The Morgan fingerprint density at radius 1 is 0.893 bits per heavy atom. The molecule has 1 aliphatic heterocycles. The van der Waals surface area contributed by atoms with Crippen LogP contribution in [-0.2, 0) is 0 Å². The number of carbonyl (C=O) groups excluding carboxylic acids is 1. The standard InChI is InChI=1S/C23H26N4O/c1-16(2)18-8-10-19(11-9-18)23(28)27-14-12-26(13-15-27)22-21-7-5-4-6-20(21)17(3)24-25-22/h4-11,16H,12-15H2,1-3H3. The number of nitrogens with zero attached hydrogens (tertiary/aromatic N) is 4. The van der Waals surface area contributed by atoms with Crippen LogP contribution in [0.25, 0.3) is 10.8 Å². The van der Waals surface area contributed by atoms with Crippen molar-refractivity contribution in [3.63, 3.8) is 0 Å². The van der Waals surface area contributed by atoms with E-state index in [-0.39, 0.29) is 5.91 Å². The van der Waals surface area contributed by atoms with Gasteiger partial charge in [0.25, 0.3) is 5.91 Å². The highest BCUT2D eigenvalue weighted by Crippen LogP contribution is 2.26. The lowest BCUT2D eigenvalue weighted by Crippen LogP contribution is -2.49. The Hall–Kier alpha value is -2.95. The van der Waals surface area contributed by atoms with E-state index in [1.54, 1.807) is 0 Å². The zero-order chi connectivity index (χ0) is 19.7. The molecule has 0 aliphatic carbocycles. The van der Waals surface area contributed by atoms with Gasteiger partial charge in [0.05, 0.1) is 5.69 Å². The molecule has 0 atom stereocenters. The number of hydrogen-bond donors (Lipinski definition) is 0. The van der Waals surface area contributed by atoms with E-state index in [0.29, 0.717) is 19.0 Å². The third-order valence-electron chi connectivity index (χ3n) is 5.54. The smallest absolute Gasteiger partial charge is 0.253 e. The van der Waals surface area contributed by atoms with E-state index >= 15 is 0 Å². The predicted octanol–water partition coefficient (Wildman–Crippen LogP) is 4.02. The number of piperazine rings is 1. The summed E-state index contributed by atoms with van der Waals surface area (Å²) in [7, 11) is 0. The van der Waals surface area contributed by atoms with Crippen molar-refractivity contribution in [2.45, 2.75) is 26.7 Å². The number of benzene rings is 2. The van der Waals surface area contributed by atoms with Gasteiger partial charge in [-0.2, -0.15) is 5.10 Å². The van der Waals surface area contributed by atoms with Crippen LogP contribution in [-0.4, -0.2) is 47.2 Å². The molecule has 5 nitrogen and oxygen atoms in total. The van der Waals surface area contributed by atoms with Crippen molar-refractivity contribution in [2.75, 3.05) is 31.1 Å². The van der Waals surface area contributed by atoms with Crippen molar-refractivity contribution in [1.82, 2.24) is 15.1 Å². The third kappa shape index (κ3) is 3.44. The minimum absolute atomic E-state index is 0.106. The second-order valence-corrected chi connectivity index (χ2v) is 7.71. The van der Waals surface area contributed by atoms with Crippen molar-refractivity contribution in [1.29, 1.82) is 0 Å². The molecular formula is C23H26N4O. The fourth-order valence-corrected chi connectivity index (χ4v) is 3.77. The van der Waals surface area contributed by atoms with Gasteiger partial charge in [0.1, 0.15) is 0 Å². The van der Waals surface area contributed by atoms with Crippen LogP contribution < -0.4 is 4.90 Å². The van der Waals surface area contributed by atoms with Crippen LogP contribution in [0.3, 0.4) is 0 Å². The molecule has 0 unspecified atom stereocenters. The second kappa shape index (κ2) is 7.58. The van der Waals surface area contributed by atoms with Gasteiger partial charge < -0.3 is 9.80 Å². The lowest BCUT2D eigenvalue weighted by Gasteiger charge is -2.35. The maximum Gasteiger partial charge on any atom is 0.253 e. The van der Waals surface area contributed by atoms with E-state index in [0.717, 1.165) is 40.9 Å². The highest BCUT2D eigenvalue weighted by molar-refractivity contribution is 5.95. The Morgan fingerprint density at radius 3 is 2.18 bits per heavy atom. The van der Waals surface area contributed by atoms with Crippen LogP contribution in [0.5, 0.6) is 0 Å². The fourth-order valence-electron chi connectivity index (χ4n) is 3.77. The molecule has 0 radical (unpaired) electrons. The number of aromatic nitrogens is 2. The molecule has 0 saturated carbocycles. The SMILES string of the molecule is Cc1nnc(N2CCN(C(=O)c3ccc(C(C)C)cc3)CC2)c2ccccc12. The van der Waals surface area contributed by atoms with Crippen molar-refractivity contribution in [2.24, 2.45) is 0 Å². The van der Waals surface area contributed by atoms with E-state index in [1.165, 1.54) is 5.56 Å². The molecule has 1 saturated heterocycles. The van der Waals surface area contributed by atoms with Crippen LogP contribution in [0.2, 0.25) is 0 Å². The number of fused-ring (bicyclic) bond motifs is 1. The minimum Gasteiger partial charge on any atom is -0.351 e. The monoisotopic (exact) mass is 374 g/mol. The first-order valence-corrected chi connectivity index (χ1v) is 9.91. The van der Waals surface area contributed by atoms with E-state index in [1.807, 2.05) is 36.1 Å². The van der Waals surface area contributed by atoms with E-state index in [2.05, 4.69) is 53.2 Å². The molecule has 3 aromatic rings. The normalized spacial score (nSPS) is 14.7. The molecule has 1 aromatic heterocycles. The molecule has 2 aromatic carbocycles. The Kier molecular flexibility index (Phi) is 4.99. The molecule has 144 valence electrons. The first-order valence-electron chi connectivity index (χ1n) is 9.91. The van der Waals surface area contributed by atoms with Gasteiger partial charge in [-0.25, -0.2) is 0 Å². The Bertz CT molecular complexity index is 989. The lowest BCUT2D eigenvalue weighted by molar-refractivity contribution is 0.0746. The molecule has 0 spiro atoms. The molecule has 4 rings (SSSR count). The first-order chi connectivity index (χ1) is 13.5. The van der Waals surface area contributed by atoms with Gasteiger partial charge in [-0.1, -0.05) is 50.2 Å². The van der Waals surface area contributed by atoms with E-state index in [9.17, 15) is 4.79 Å². The quantitative estimate of drug-likeness (QED) is 0.695. The number of amides is 1. The molecule has 2 heterocycles. The number of anilines is 1. The molecule has 28 heavy (non-hydrogen) atoms. The summed E-state index contributed by atoms with van der Waals surface area (Å²) in [6, 6.07) is 16.3. The maximum atomic E-state index is 12.9. The zero-order valence-electron chi connectivity index (χ0n) is 16.7. The van der Waals surface area contributed by atoms with Crippen molar-refractivity contribution < 1.29 is 4.79 Å². The lowest BCUT2D eigenvalue weighted by atomic mass is 10.0. The third-order valence-corrected chi connectivity index (χ3v) is 5.54. The maximum absolute atomic E-state index is 12.9. The fraction of sp³-hybridized carbons (Fsp3) is 0.348. The van der Waals surface area contributed by atoms with Gasteiger partial charge in [0, 0.05) is 42.5 Å². The number of rotatable bonds is 3. The van der Waals surface area contributed by atoms with Crippen LogP contribution >= 0.6 is 0 Å². The van der Waals surface area contributed by atoms with Crippen molar-refractivity contribution in [3.05, 3.63) is 65.4 Å². The molecule has 0 bridgehead atoms. The summed E-state index contributed by atoms with van der Waals surface area (Å²) >= 11 is 0. The van der Waals surface area contributed by atoms with Gasteiger partial charge in [-0.05, 0) is 30.5 Å². The molecular weight excluding hydrogens is 348 g/mol. The van der Waals surface area contributed by atoms with Crippen molar-refractivity contribution >= 4 is 22.5 Å². The molecule has 1 aliphatic rings. The summed E-state index contributed by atoms with van der Waals surface area (Å²) in [6.07, 6.45) is 0. The highest BCUT2D eigenvalue weighted by Gasteiger charge is 2.24. The second-order valence-electron chi connectivity index (χ2n) is 7.71. The van der Waals surface area contributed by atoms with Crippen molar-refractivity contribution in [3.8, 4) is 0 Å². The van der Waals surface area contributed by atoms with Gasteiger partial charge in [-0.15, -0.1) is 5.10 Å². The number of hydrogen-bond acceptors (Lipinski definition) is 4.